The second-order valence-corrected chi connectivity index (χ2v) is 11.4. The highest BCUT2D eigenvalue weighted by Crippen LogP contribution is 2.49. The summed E-state index contributed by atoms with van der Waals surface area (Å²) in [5, 5.41) is 2.81. The lowest BCUT2D eigenvalue weighted by atomic mass is 10.2. The zero-order chi connectivity index (χ0) is 21.8. The number of benzene rings is 3. The predicted molar refractivity (Wildman–Crippen MR) is 130 cm³/mol. The van der Waals surface area contributed by atoms with Crippen LogP contribution < -0.4 is 15.9 Å². The number of ketones is 1. The van der Waals surface area contributed by atoms with E-state index in [9.17, 15) is 9.59 Å². The Labute approximate surface area is 188 Å². The van der Waals surface area contributed by atoms with Crippen LogP contribution in [0, 0.1) is 5.92 Å². The number of ether oxygens (including phenoxy) is 1. The SMILES string of the molecule is CCOC(=O)C(C(=O)[C@@H]1C[C@H]1Cl)=P(c1ccccc1)(c1ccccc1)c1ccccc1. The van der Waals surface area contributed by atoms with Crippen LogP contribution in [0.3, 0.4) is 0 Å². The first-order valence-corrected chi connectivity index (χ1v) is 12.6. The van der Waals surface area contributed by atoms with E-state index in [1.165, 1.54) is 0 Å². The summed E-state index contributed by atoms with van der Waals surface area (Å²) in [6, 6.07) is 29.5. The molecule has 0 saturated heterocycles. The predicted octanol–water partition coefficient (Wildman–Crippen LogP) is 3.91. The molecule has 5 heteroatoms. The quantitative estimate of drug-likeness (QED) is 0.237. The van der Waals surface area contributed by atoms with Crippen molar-refractivity contribution in [3.63, 3.8) is 0 Å². The Morgan fingerprint density at radius 1 is 0.839 bits per heavy atom. The van der Waals surface area contributed by atoms with E-state index < -0.39 is 12.9 Å². The number of carbonyl (C=O) groups is 2. The molecule has 31 heavy (non-hydrogen) atoms. The zero-order valence-corrected chi connectivity index (χ0v) is 18.9. The van der Waals surface area contributed by atoms with Crippen molar-refractivity contribution < 1.29 is 14.3 Å². The van der Waals surface area contributed by atoms with E-state index in [4.69, 9.17) is 16.3 Å². The molecule has 2 atom stereocenters. The molecule has 0 unspecified atom stereocenters. The lowest BCUT2D eigenvalue weighted by molar-refractivity contribution is -0.135. The van der Waals surface area contributed by atoms with Gasteiger partial charge in [0.15, 0.2) is 5.78 Å². The maximum atomic E-state index is 13.8. The summed E-state index contributed by atoms with van der Waals surface area (Å²) in [4.78, 5) is 27.3. The van der Waals surface area contributed by atoms with E-state index in [1.54, 1.807) is 6.92 Å². The normalized spacial score (nSPS) is 17.6. The zero-order valence-electron chi connectivity index (χ0n) is 17.3. The molecular weight excluding hydrogens is 427 g/mol. The second kappa shape index (κ2) is 9.26. The van der Waals surface area contributed by atoms with E-state index in [0.29, 0.717) is 6.42 Å². The minimum atomic E-state index is -2.81. The van der Waals surface area contributed by atoms with Gasteiger partial charge in [-0.2, -0.15) is 0 Å². The minimum absolute atomic E-state index is 0.191. The monoisotopic (exact) mass is 450 g/mol. The van der Waals surface area contributed by atoms with Gasteiger partial charge in [0.2, 0.25) is 0 Å². The highest BCUT2D eigenvalue weighted by Gasteiger charge is 2.48. The number of hydrogen-bond acceptors (Lipinski definition) is 3. The number of carbonyl (C=O) groups excluding carboxylic acids is 2. The number of Topliss-reactive ketones (excluding diaryl/α,β-unsaturated/α-hetero) is 1. The molecule has 1 aliphatic rings. The first-order valence-electron chi connectivity index (χ1n) is 10.4. The van der Waals surface area contributed by atoms with Crippen LogP contribution in [0.15, 0.2) is 91.0 Å². The Morgan fingerprint density at radius 2 is 1.23 bits per heavy atom. The van der Waals surface area contributed by atoms with Gasteiger partial charge in [0.05, 0.1) is 6.61 Å². The largest absolute Gasteiger partial charge is 0.462 e. The fourth-order valence-corrected chi connectivity index (χ4v) is 8.67. The van der Waals surface area contributed by atoms with Gasteiger partial charge >= 0.3 is 5.97 Å². The number of halogens is 1. The molecule has 0 amide bonds. The molecule has 0 heterocycles. The summed E-state index contributed by atoms with van der Waals surface area (Å²) in [7, 11) is 0. The van der Waals surface area contributed by atoms with Crippen molar-refractivity contribution in [1.82, 2.24) is 0 Å². The Morgan fingerprint density at radius 3 is 1.55 bits per heavy atom. The first kappa shape index (κ1) is 21.6. The minimum Gasteiger partial charge on any atom is -0.462 e. The van der Waals surface area contributed by atoms with Gasteiger partial charge in [-0.1, -0.05) is 91.0 Å². The standard InChI is InChI=1S/C26H24ClO3P/c1-2-30-26(29)25(24(28)22-18-23(22)27)31(19-12-6-3-7-13-19,20-14-8-4-9-15-20)21-16-10-5-11-17-21/h3-17,22-23H,2,18H2,1H3/t22-,23-/m1/s1. The molecule has 1 aliphatic carbocycles. The van der Waals surface area contributed by atoms with Crippen LogP contribution in [0.1, 0.15) is 13.3 Å². The molecule has 3 aromatic carbocycles. The smallest absolute Gasteiger partial charge is 0.342 e. The van der Waals surface area contributed by atoms with Gasteiger partial charge in [0.1, 0.15) is 5.29 Å². The van der Waals surface area contributed by atoms with Gasteiger partial charge in [-0.05, 0) is 36.1 Å². The van der Waals surface area contributed by atoms with Crippen LogP contribution in [0.2, 0.25) is 0 Å². The molecule has 0 N–H and O–H groups in total. The maximum absolute atomic E-state index is 13.8. The Bertz CT molecular complexity index is 1020. The van der Waals surface area contributed by atoms with Crippen LogP contribution in [-0.4, -0.2) is 29.0 Å². The van der Waals surface area contributed by atoms with Gasteiger partial charge in [0, 0.05) is 11.3 Å². The summed E-state index contributed by atoms with van der Waals surface area (Å²) >= 11 is 6.29. The van der Waals surface area contributed by atoms with Crippen LogP contribution in [0.4, 0.5) is 0 Å². The Hall–Kier alpha value is -2.61. The number of hydrogen-bond donors (Lipinski definition) is 0. The summed E-state index contributed by atoms with van der Waals surface area (Å²) < 4.78 is 5.50. The van der Waals surface area contributed by atoms with Crippen LogP contribution in [0.5, 0.6) is 0 Å². The molecule has 4 rings (SSSR count). The van der Waals surface area contributed by atoms with E-state index >= 15 is 0 Å². The number of esters is 1. The highest BCUT2D eigenvalue weighted by atomic mass is 35.5. The molecule has 0 aromatic heterocycles. The van der Waals surface area contributed by atoms with Crippen LogP contribution in [-0.2, 0) is 14.3 Å². The van der Waals surface area contributed by atoms with Crippen molar-refractivity contribution in [1.29, 1.82) is 0 Å². The van der Waals surface area contributed by atoms with Gasteiger partial charge < -0.3 is 4.74 Å². The molecular formula is C26H24ClO3P. The molecule has 0 aliphatic heterocycles. The molecule has 158 valence electrons. The lowest BCUT2D eigenvalue weighted by Gasteiger charge is -2.31. The third-order valence-electron chi connectivity index (χ3n) is 5.52. The van der Waals surface area contributed by atoms with Crippen LogP contribution in [0.25, 0.3) is 0 Å². The Balaban J connectivity index is 2.21. The third kappa shape index (κ3) is 4.01. The van der Waals surface area contributed by atoms with Crippen molar-refractivity contribution in [3.05, 3.63) is 91.0 Å². The van der Waals surface area contributed by atoms with Crippen molar-refractivity contribution in [3.8, 4) is 0 Å². The second-order valence-electron chi connectivity index (χ2n) is 7.47. The molecule has 3 nitrogen and oxygen atoms in total. The van der Waals surface area contributed by atoms with Crippen molar-refractivity contribution in [2.45, 2.75) is 18.7 Å². The molecule has 1 saturated carbocycles. The Kier molecular flexibility index (Phi) is 6.46. The van der Waals surface area contributed by atoms with E-state index in [2.05, 4.69) is 0 Å². The number of alkyl halides is 1. The maximum Gasteiger partial charge on any atom is 0.342 e. The van der Waals surface area contributed by atoms with Crippen molar-refractivity contribution in [2.24, 2.45) is 5.92 Å². The van der Waals surface area contributed by atoms with E-state index in [-0.39, 0.29) is 29.0 Å². The van der Waals surface area contributed by atoms with Crippen molar-refractivity contribution in [2.75, 3.05) is 6.61 Å². The summed E-state index contributed by atoms with van der Waals surface area (Å²) in [5.41, 5.74) is 0. The highest BCUT2D eigenvalue weighted by molar-refractivity contribution is 7.97. The fraction of sp³-hybridized carbons (Fsp3) is 0.192. The van der Waals surface area contributed by atoms with Crippen molar-refractivity contribution >= 4 is 51.4 Å². The average molecular weight is 451 g/mol. The summed E-state index contributed by atoms with van der Waals surface area (Å²) in [5.74, 6) is -1.09. The van der Waals surface area contributed by atoms with E-state index in [0.717, 1.165) is 15.9 Å². The van der Waals surface area contributed by atoms with Gasteiger partial charge in [0.25, 0.3) is 0 Å². The summed E-state index contributed by atoms with van der Waals surface area (Å²) in [6.45, 7) is -0.855. The topological polar surface area (TPSA) is 43.4 Å². The lowest BCUT2D eigenvalue weighted by Crippen LogP contribution is -2.39. The van der Waals surface area contributed by atoms with Gasteiger partial charge in [-0.3, -0.25) is 4.79 Å². The van der Waals surface area contributed by atoms with Crippen LogP contribution >= 0.6 is 18.5 Å². The first-order chi connectivity index (χ1) is 15.1. The molecule has 0 spiro atoms. The molecule has 3 aromatic rings. The van der Waals surface area contributed by atoms with Gasteiger partial charge in [-0.15, -0.1) is 11.6 Å². The molecule has 1 fully saturated rings. The van der Waals surface area contributed by atoms with E-state index in [1.807, 2.05) is 91.0 Å². The average Bonchev–Trinajstić information content (AvgIpc) is 3.55. The molecule has 0 radical (unpaired) electrons. The van der Waals surface area contributed by atoms with Gasteiger partial charge in [-0.25, -0.2) is 4.79 Å². The summed E-state index contributed by atoms with van der Waals surface area (Å²) in [6.07, 6.45) is 0.585. The fourth-order valence-electron chi connectivity index (χ4n) is 4.00. The molecule has 0 bridgehead atoms. The number of rotatable bonds is 7. The third-order valence-corrected chi connectivity index (χ3v) is 10.3.